The molecule has 0 bridgehead atoms. The molecule has 0 spiro atoms. The largest absolute Gasteiger partial charge is 0.480 e. The molecule has 2 aromatic rings. The summed E-state index contributed by atoms with van der Waals surface area (Å²) in [7, 11) is 0. The van der Waals surface area contributed by atoms with Crippen LogP contribution in [0, 0.1) is 0 Å². The first-order valence-corrected chi connectivity index (χ1v) is 6.98. The quantitative estimate of drug-likeness (QED) is 0.780. The standard InChI is InChI=1S/C15H14N4O4/c20-13-7-10(9-3-1-2-4-11(9)16-13)15(23)17-12-5-6-19(18-12)8-14(21)22/h1-6,10H,7-8H2,(H,16,20)(H,21,22)(H,17,18,23). The molecule has 1 atom stereocenters. The second kappa shape index (κ2) is 5.91. The van der Waals surface area contributed by atoms with Crippen LogP contribution < -0.4 is 10.6 Å². The number of hydrogen-bond acceptors (Lipinski definition) is 4. The van der Waals surface area contributed by atoms with E-state index in [-0.39, 0.29) is 30.6 Å². The molecule has 3 rings (SSSR count). The summed E-state index contributed by atoms with van der Waals surface area (Å²) in [5.74, 6) is -1.96. The van der Waals surface area contributed by atoms with Crippen LogP contribution in [0.4, 0.5) is 11.5 Å². The molecule has 0 aliphatic carbocycles. The van der Waals surface area contributed by atoms with Gasteiger partial charge in [-0.25, -0.2) is 0 Å². The third-order valence-corrected chi connectivity index (χ3v) is 3.51. The number of benzene rings is 1. The van der Waals surface area contributed by atoms with Crippen molar-refractivity contribution >= 4 is 29.3 Å². The van der Waals surface area contributed by atoms with E-state index < -0.39 is 11.9 Å². The summed E-state index contributed by atoms with van der Waals surface area (Å²) in [5, 5.41) is 18.0. The lowest BCUT2D eigenvalue weighted by molar-refractivity contribution is -0.137. The van der Waals surface area contributed by atoms with Gasteiger partial charge in [0, 0.05) is 24.4 Å². The molecular weight excluding hydrogens is 300 g/mol. The smallest absolute Gasteiger partial charge is 0.325 e. The number of aliphatic carboxylic acids is 1. The molecule has 1 unspecified atom stereocenters. The lowest BCUT2D eigenvalue weighted by Gasteiger charge is -2.24. The fourth-order valence-electron chi connectivity index (χ4n) is 2.51. The van der Waals surface area contributed by atoms with Crippen molar-refractivity contribution in [3.05, 3.63) is 42.1 Å². The van der Waals surface area contributed by atoms with Gasteiger partial charge in [0.1, 0.15) is 6.54 Å². The van der Waals surface area contributed by atoms with E-state index in [4.69, 9.17) is 5.11 Å². The first-order chi connectivity index (χ1) is 11.0. The van der Waals surface area contributed by atoms with E-state index in [1.54, 1.807) is 24.3 Å². The van der Waals surface area contributed by atoms with Crippen molar-refractivity contribution in [1.29, 1.82) is 0 Å². The molecule has 8 nitrogen and oxygen atoms in total. The maximum absolute atomic E-state index is 12.5. The minimum absolute atomic E-state index is 0.0542. The normalized spacial score (nSPS) is 16.3. The summed E-state index contributed by atoms with van der Waals surface area (Å²) in [6.45, 7) is -0.287. The zero-order valence-electron chi connectivity index (χ0n) is 12.0. The number of aromatic nitrogens is 2. The second-order valence-corrected chi connectivity index (χ2v) is 5.17. The molecule has 23 heavy (non-hydrogen) atoms. The number of para-hydroxylation sites is 1. The predicted octanol–water partition coefficient (Wildman–Crippen LogP) is 1.03. The molecule has 1 aliphatic rings. The van der Waals surface area contributed by atoms with Crippen LogP contribution in [0.25, 0.3) is 0 Å². The highest BCUT2D eigenvalue weighted by atomic mass is 16.4. The van der Waals surface area contributed by atoms with Crippen LogP contribution >= 0.6 is 0 Å². The highest BCUT2D eigenvalue weighted by Crippen LogP contribution is 2.32. The van der Waals surface area contributed by atoms with E-state index in [0.717, 1.165) is 5.56 Å². The first kappa shape index (κ1) is 14.8. The van der Waals surface area contributed by atoms with Gasteiger partial charge in [0.2, 0.25) is 11.8 Å². The van der Waals surface area contributed by atoms with Crippen LogP contribution in [-0.4, -0.2) is 32.7 Å². The molecule has 1 aliphatic heterocycles. The summed E-state index contributed by atoms with van der Waals surface area (Å²) in [5.41, 5.74) is 1.37. The van der Waals surface area contributed by atoms with Crippen molar-refractivity contribution < 1.29 is 19.5 Å². The van der Waals surface area contributed by atoms with Crippen LogP contribution in [0.2, 0.25) is 0 Å². The molecule has 3 N–H and O–H groups in total. The molecule has 0 fully saturated rings. The fraction of sp³-hybridized carbons (Fsp3) is 0.200. The Labute approximate surface area is 131 Å². The number of nitrogens with zero attached hydrogens (tertiary/aromatic N) is 2. The Balaban J connectivity index is 1.77. The Hall–Kier alpha value is -3.16. The SMILES string of the molecule is O=C(O)Cn1ccc(NC(=O)C2CC(=O)Nc3ccccc32)n1. The number of anilines is 2. The van der Waals surface area contributed by atoms with Gasteiger partial charge in [0.15, 0.2) is 5.82 Å². The summed E-state index contributed by atoms with van der Waals surface area (Å²) >= 11 is 0. The maximum Gasteiger partial charge on any atom is 0.325 e. The summed E-state index contributed by atoms with van der Waals surface area (Å²) in [4.78, 5) is 34.8. The van der Waals surface area contributed by atoms with E-state index in [1.165, 1.54) is 16.9 Å². The Kier molecular flexibility index (Phi) is 3.80. The number of carbonyl (C=O) groups is 3. The summed E-state index contributed by atoms with van der Waals surface area (Å²) in [6, 6.07) is 8.64. The molecule has 2 amide bonds. The zero-order chi connectivity index (χ0) is 16.4. The van der Waals surface area contributed by atoms with Crippen molar-refractivity contribution in [2.45, 2.75) is 18.9 Å². The summed E-state index contributed by atoms with van der Waals surface area (Å²) in [6.07, 6.45) is 1.52. The number of nitrogens with one attached hydrogen (secondary N) is 2. The van der Waals surface area contributed by atoms with E-state index in [0.29, 0.717) is 5.69 Å². The fourth-order valence-corrected chi connectivity index (χ4v) is 2.51. The van der Waals surface area contributed by atoms with Gasteiger partial charge in [0.05, 0.1) is 5.92 Å². The molecule has 8 heteroatoms. The van der Waals surface area contributed by atoms with E-state index >= 15 is 0 Å². The zero-order valence-corrected chi connectivity index (χ0v) is 12.0. The highest BCUT2D eigenvalue weighted by Gasteiger charge is 2.30. The number of rotatable bonds is 4. The van der Waals surface area contributed by atoms with E-state index in [1.807, 2.05) is 0 Å². The van der Waals surface area contributed by atoms with E-state index in [2.05, 4.69) is 15.7 Å². The van der Waals surface area contributed by atoms with Crippen molar-refractivity contribution in [2.24, 2.45) is 0 Å². The van der Waals surface area contributed by atoms with Crippen LogP contribution in [0.3, 0.4) is 0 Å². The number of fused-ring (bicyclic) bond motifs is 1. The highest BCUT2D eigenvalue weighted by molar-refractivity contribution is 6.04. The Morgan fingerprint density at radius 1 is 1.35 bits per heavy atom. The van der Waals surface area contributed by atoms with Crippen molar-refractivity contribution in [3.63, 3.8) is 0 Å². The van der Waals surface area contributed by atoms with Gasteiger partial charge in [0.25, 0.3) is 0 Å². The van der Waals surface area contributed by atoms with Gasteiger partial charge in [-0.1, -0.05) is 18.2 Å². The Morgan fingerprint density at radius 2 is 2.13 bits per heavy atom. The summed E-state index contributed by atoms with van der Waals surface area (Å²) < 4.78 is 1.21. The monoisotopic (exact) mass is 314 g/mol. The molecule has 0 saturated carbocycles. The first-order valence-electron chi connectivity index (χ1n) is 6.98. The maximum atomic E-state index is 12.5. The van der Waals surface area contributed by atoms with Crippen LogP contribution in [0.5, 0.6) is 0 Å². The Bertz CT molecular complexity index is 783. The van der Waals surface area contributed by atoms with Gasteiger partial charge in [-0.2, -0.15) is 5.10 Å². The average Bonchev–Trinajstić information content (AvgIpc) is 2.92. The van der Waals surface area contributed by atoms with Crippen molar-refractivity contribution in [2.75, 3.05) is 10.6 Å². The lowest BCUT2D eigenvalue weighted by atomic mass is 9.90. The van der Waals surface area contributed by atoms with Crippen LogP contribution in [-0.2, 0) is 20.9 Å². The molecule has 0 radical (unpaired) electrons. The molecular formula is C15H14N4O4. The van der Waals surface area contributed by atoms with E-state index in [9.17, 15) is 14.4 Å². The lowest BCUT2D eigenvalue weighted by Crippen LogP contribution is -2.30. The number of amides is 2. The van der Waals surface area contributed by atoms with Gasteiger partial charge in [-0.05, 0) is 11.6 Å². The minimum Gasteiger partial charge on any atom is -0.480 e. The molecule has 2 heterocycles. The molecule has 0 saturated heterocycles. The van der Waals surface area contributed by atoms with Crippen LogP contribution in [0.15, 0.2) is 36.5 Å². The number of hydrogen-bond donors (Lipinski definition) is 3. The molecule has 1 aromatic carbocycles. The second-order valence-electron chi connectivity index (χ2n) is 5.17. The molecule has 118 valence electrons. The van der Waals surface area contributed by atoms with Gasteiger partial charge in [-0.3, -0.25) is 19.1 Å². The number of carboxylic acid groups (broad SMARTS) is 1. The average molecular weight is 314 g/mol. The van der Waals surface area contributed by atoms with Gasteiger partial charge in [-0.15, -0.1) is 0 Å². The van der Waals surface area contributed by atoms with Gasteiger partial charge >= 0.3 is 5.97 Å². The third kappa shape index (κ3) is 3.20. The topological polar surface area (TPSA) is 113 Å². The minimum atomic E-state index is -1.02. The van der Waals surface area contributed by atoms with Gasteiger partial charge < -0.3 is 15.7 Å². The molecule has 1 aromatic heterocycles. The predicted molar refractivity (Wildman–Crippen MR) is 80.9 cm³/mol. The Morgan fingerprint density at radius 3 is 2.91 bits per heavy atom. The number of carbonyl (C=O) groups excluding carboxylic acids is 2. The third-order valence-electron chi connectivity index (χ3n) is 3.51. The van der Waals surface area contributed by atoms with Crippen molar-refractivity contribution in [3.8, 4) is 0 Å². The van der Waals surface area contributed by atoms with Crippen molar-refractivity contribution in [1.82, 2.24) is 9.78 Å². The number of carboxylic acids is 1. The van der Waals surface area contributed by atoms with Crippen LogP contribution in [0.1, 0.15) is 17.9 Å².